The lowest BCUT2D eigenvalue weighted by molar-refractivity contribution is 0.0548. The zero-order valence-corrected chi connectivity index (χ0v) is 12.5. The second kappa shape index (κ2) is 8.10. The molecule has 0 aliphatic carbocycles. The number of nitrogens with one attached hydrogen (secondary N) is 1. The minimum absolute atomic E-state index is 0.212. The summed E-state index contributed by atoms with van der Waals surface area (Å²) in [5, 5.41) is 3.60. The minimum Gasteiger partial charge on any atom is -0.382 e. The van der Waals surface area contributed by atoms with Gasteiger partial charge in [-0.15, -0.1) is 0 Å². The van der Waals surface area contributed by atoms with Gasteiger partial charge in [0, 0.05) is 31.8 Å². The molecule has 0 saturated carbocycles. The summed E-state index contributed by atoms with van der Waals surface area (Å²) in [5.41, 5.74) is 0.212. The third kappa shape index (κ3) is 6.69. The molecular formula is C14H30N2O2. The Morgan fingerprint density at radius 1 is 1.22 bits per heavy atom. The summed E-state index contributed by atoms with van der Waals surface area (Å²) >= 11 is 0. The van der Waals surface area contributed by atoms with E-state index in [0.717, 1.165) is 19.7 Å². The van der Waals surface area contributed by atoms with Crippen LogP contribution in [0.15, 0.2) is 0 Å². The molecular weight excluding hydrogens is 228 g/mol. The Morgan fingerprint density at radius 2 is 2.00 bits per heavy atom. The molecule has 0 bridgehead atoms. The van der Waals surface area contributed by atoms with Crippen molar-refractivity contribution >= 4 is 0 Å². The van der Waals surface area contributed by atoms with Crippen LogP contribution in [-0.2, 0) is 9.47 Å². The first kappa shape index (κ1) is 15.9. The molecule has 108 valence electrons. The van der Waals surface area contributed by atoms with Crippen molar-refractivity contribution < 1.29 is 9.47 Å². The van der Waals surface area contributed by atoms with Crippen molar-refractivity contribution in [3.05, 3.63) is 0 Å². The molecule has 1 saturated heterocycles. The van der Waals surface area contributed by atoms with Crippen molar-refractivity contribution in [2.45, 2.75) is 45.2 Å². The Kier molecular flexibility index (Phi) is 7.15. The van der Waals surface area contributed by atoms with E-state index in [2.05, 4.69) is 31.0 Å². The van der Waals surface area contributed by atoms with Crippen LogP contribution in [0.2, 0.25) is 0 Å². The summed E-state index contributed by atoms with van der Waals surface area (Å²) < 4.78 is 10.5. The predicted octanol–water partition coefficient (Wildman–Crippen LogP) is 1.50. The smallest absolute Gasteiger partial charge is 0.0700 e. The van der Waals surface area contributed by atoms with Crippen LogP contribution >= 0.6 is 0 Å². The Balaban J connectivity index is 2.15. The van der Waals surface area contributed by atoms with Gasteiger partial charge in [0.25, 0.3) is 0 Å². The van der Waals surface area contributed by atoms with E-state index < -0.39 is 0 Å². The van der Waals surface area contributed by atoms with Crippen LogP contribution in [0, 0.1) is 0 Å². The molecule has 0 aromatic rings. The fourth-order valence-corrected chi connectivity index (χ4v) is 2.27. The molecule has 1 heterocycles. The first-order valence-corrected chi connectivity index (χ1v) is 7.08. The van der Waals surface area contributed by atoms with Crippen LogP contribution in [0.25, 0.3) is 0 Å². The predicted molar refractivity (Wildman–Crippen MR) is 75.0 cm³/mol. The van der Waals surface area contributed by atoms with E-state index in [9.17, 15) is 0 Å². The van der Waals surface area contributed by atoms with Gasteiger partial charge in [0.1, 0.15) is 0 Å². The molecule has 4 nitrogen and oxygen atoms in total. The molecule has 0 spiro atoms. The van der Waals surface area contributed by atoms with Crippen LogP contribution in [0.3, 0.4) is 0 Å². The highest BCUT2D eigenvalue weighted by atomic mass is 16.5. The third-order valence-electron chi connectivity index (χ3n) is 3.32. The van der Waals surface area contributed by atoms with Gasteiger partial charge in [0.2, 0.25) is 0 Å². The fourth-order valence-electron chi connectivity index (χ4n) is 2.27. The van der Waals surface area contributed by atoms with E-state index >= 15 is 0 Å². The average molecular weight is 258 g/mol. The number of likely N-dealkylation sites (tertiary alicyclic amines) is 1. The maximum atomic E-state index is 5.54. The molecule has 4 heteroatoms. The van der Waals surface area contributed by atoms with Crippen molar-refractivity contribution in [1.82, 2.24) is 10.2 Å². The summed E-state index contributed by atoms with van der Waals surface area (Å²) in [7, 11) is 1.71. The lowest BCUT2D eigenvalue weighted by atomic mass is 10.1. The third-order valence-corrected chi connectivity index (χ3v) is 3.32. The fraction of sp³-hybridized carbons (Fsp3) is 1.00. The van der Waals surface area contributed by atoms with Crippen molar-refractivity contribution in [1.29, 1.82) is 0 Å². The molecule has 0 amide bonds. The summed E-state index contributed by atoms with van der Waals surface area (Å²) in [5.74, 6) is 0. The van der Waals surface area contributed by atoms with Gasteiger partial charge < -0.3 is 14.8 Å². The molecule has 0 radical (unpaired) electrons. The van der Waals surface area contributed by atoms with Gasteiger partial charge in [-0.1, -0.05) is 0 Å². The molecule has 1 aliphatic heterocycles. The summed E-state index contributed by atoms with van der Waals surface area (Å²) in [6, 6.07) is 0.676. The van der Waals surface area contributed by atoms with E-state index in [4.69, 9.17) is 9.47 Å². The Hall–Kier alpha value is -0.160. The Labute approximate surface area is 112 Å². The zero-order valence-electron chi connectivity index (χ0n) is 12.5. The monoisotopic (exact) mass is 258 g/mol. The number of ether oxygens (including phenoxy) is 2. The number of rotatable bonds is 8. The molecule has 1 unspecified atom stereocenters. The minimum atomic E-state index is 0.212. The van der Waals surface area contributed by atoms with Crippen LogP contribution in [-0.4, -0.2) is 63.0 Å². The standard InChI is InChI=1S/C14H30N2O2/c1-14(2,3)15-12-13-6-5-7-16(13)8-9-18-11-10-17-4/h13,15H,5-12H2,1-4H3. The lowest BCUT2D eigenvalue weighted by Gasteiger charge is -2.28. The number of methoxy groups -OCH3 is 1. The second-order valence-corrected chi connectivity index (χ2v) is 6.07. The summed E-state index contributed by atoms with van der Waals surface area (Å²) in [6.07, 6.45) is 2.62. The molecule has 0 aromatic carbocycles. The summed E-state index contributed by atoms with van der Waals surface area (Å²) in [6.45, 7) is 12.2. The molecule has 1 rings (SSSR count). The second-order valence-electron chi connectivity index (χ2n) is 6.07. The molecule has 1 aliphatic rings. The zero-order chi connectivity index (χ0) is 13.4. The molecule has 1 fully saturated rings. The highest BCUT2D eigenvalue weighted by Gasteiger charge is 2.25. The maximum absolute atomic E-state index is 5.54. The van der Waals surface area contributed by atoms with E-state index in [1.54, 1.807) is 7.11 Å². The largest absolute Gasteiger partial charge is 0.382 e. The quantitative estimate of drug-likeness (QED) is 0.669. The number of hydrogen-bond acceptors (Lipinski definition) is 4. The maximum Gasteiger partial charge on any atom is 0.0700 e. The van der Waals surface area contributed by atoms with Gasteiger partial charge in [-0.3, -0.25) is 4.90 Å². The van der Waals surface area contributed by atoms with Gasteiger partial charge >= 0.3 is 0 Å². The van der Waals surface area contributed by atoms with E-state index in [0.29, 0.717) is 19.3 Å². The summed E-state index contributed by atoms with van der Waals surface area (Å²) in [4.78, 5) is 2.55. The Morgan fingerprint density at radius 3 is 2.67 bits per heavy atom. The first-order chi connectivity index (χ1) is 8.53. The molecule has 18 heavy (non-hydrogen) atoms. The first-order valence-electron chi connectivity index (χ1n) is 7.08. The number of hydrogen-bond donors (Lipinski definition) is 1. The van der Waals surface area contributed by atoms with Crippen LogP contribution in [0.1, 0.15) is 33.6 Å². The van der Waals surface area contributed by atoms with Gasteiger partial charge in [-0.05, 0) is 40.2 Å². The average Bonchev–Trinajstić information content (AvgIpc) is 2.73. The topological polar surface area (TPSA) is 33.7 Å². The van der Waals surface area contributed by atoms with Crippen molar-refractivity contribution in [2.24, 2.45) is 0 Å². The normalized spacial score (nSPS) is 21.7. The van der Waals surface area contributed by atoms with E-state index in [1.807, 2.05) is 0 Å². The van der Waals surface area contributed by atoms with E-state index in [1.165, 1.54) is 19.4 Å². The van der Waals surface area contributed by atoms with Gasteiger partial charge in [-0.2, -0.15) is 0 Å². The van der Waals surface area contributed by atoms with Gasteiger partial charge in [0.05, 0.1) is 19.8 Å². The van der Waals surface area contributed by atoms with Crippen molar-refractivity contribution in [2.75, 3.05) is 46.6 Å². The molecule has 1 atom stereocenters. The van der Waals surface area contributed by atoms with Gasteiger partial charge in [0.15, 0.2) is 0 Å². The lowest BCUT2D eigenvalue weighted by Crippen LogP contribution is -2.45. The van der Waals surface area contributed by atoms with Crippen molar-refractivity contribution in [3.8, 4) is 0 Å². The van der Waals surface area contributed by atoms with Crippen LogP contribution in [0.4, 0.5) is 0 Å². The van der Waals surface area contributed by atoms with Crippen LogP contribution < -0.4 is 5.32 Å². The highest BCUT2D eigenvalue weighted by molar-refractivity contribution is 4.83. The number of nitrogens with zero attached hydrogens (tertiary/aromatic N) is 1. The molecule has 1 N–H and O–H groups in total. The van der Waals surface area contributed by atoms with Crippen LogP contribution in [0.5, 0.6) is 0 Å². The SMILES string of the molecule is COCCOCCN1CCCC1CNC(C)(C)C. The van der Waals surface area contributed by atoms with Crippen molar-refractivity contribution in [3.63, 3.8) is 0 Å². The molecule has 0 aromatic heterocycles. The van der Waals surface area contributed by atoms with E-state index in [-0.39, 0.29) is 5.54 Å². The highest BCUT2D eigenvalue weighted by Crippen LogP contribution is 2.16. The van der Waals surface area contributed by atoms with Gasteiger partial charge in [-0.25, -0.2) is 0 Å². The Bertz CT molecular complexity index is 216.